The highest BCUT2D eigenvalue weighted by molar-refractivity contribution is 8.00. The Bertz CT molecular complexity index is 1250. The van der Waals surface area contributed by atoms with Crippen molar-refractivity contribution in [3.8, 4) is 11.6 Å². The molecule has 0 radical (unpaired) electrons. The van der Waals surface area contributed by atoms with Gasteiger partial charge < -0.3 is 19.7 Å². The van der Waals surface area contributed by atoms with Crippen LogP contribution in [-0.4, -0.2) is 29.0 Å². The number of hydrogen-bond acceptors (Lipinski definition) is 8. The van der Waals surface area contributed by atoms with E-state index in [4.69, 9.17) is 9.26 Å². The van der Waals surface area contributed by atoms with Crippen molar-refractivity contribution in [2.75, 3.05) is 11.9 Å². The fourth-order valence-corrected chi connectivity index (χ4v) is 6.53. The maximum Gasteiger partial charge on any atom is 0.341 e. The lowest BCUT2D eigenvalue weighted by Crippen LogP contribution is -2.36. The molecular weight excluding hydrogens is 498 g/mol. The number of thioether (sulfide) groups is 1. The Balaban J connectivity index is 1.57. The first-order valence-electron chi connectivity index (χ1n) is 12.0. The molecule has 0 aliphatic heterocycles. The van der Waals surface area contributed by atoms with Crippen LogP contribution in [0, 0.1) is 11.3 Å². The van der Waals surface area contributed by atoms with E-state index in [1.54, 1.807) is 26.0 Å². The Morgan fingerprint density at radius 2 is 2.06 bits per heavy atom. The van der Waals surface area contributed by atoms with Gasteiger partial charge in [-0.3, -0.25) is 4.79 Å². The van der Waals surface area contributed by atoms with Gasteiger partial charge in [0.15, 0.2) is 5.95 Å². The summed E-state index contributed by atoms with van der Waals surface area (Å²) in [6.07, 6.45) is 2.63. The third kappa shape index (κ3) is 5.44. The van der Waals surface area contributed by atoms with Crippen LogP contribution in [0.5, 0.6) is 5.95 Å². The normalized spacial score (nSPS) is 16.3. The average molecular weight is 530 g/mol. The molecule has 1 amide bonds. The number of ether oxygens (including phenoxy) is 1. The third-order valence-electron chi connectivity index (χ3n) is 6.44. The molecule has 4 rings (SSSR count). The molecule has 1 aliphatic carbocycles. The number of esters is 1. The predicted octanol–water partition coefficient (Wildman–Crippen LogP) is 4.53. The van der Waals surface area contributed by atoms with Crippen LogP contribution in [0.2, 0.25) is 0 Å². The zero-order valence-corrected chi connectivity index (χ0v) is 22.8. The van der Waals surface area contributed by atoms with Crippen molar-refractivity contribution < 1.29 is 28.6 Å². The number of carbonyl (C=O) groups is 2. The smallest absolute Gasteiger partial charge is 0.341 e. The van der Waals surface area contributed by atoms with Crippen LogP contribution in [-0.2, 0) is 22.4 Å². The lowest BCUT2D eigenvalue weighted by molar-refractivity contribution is -0.705. The van der Waals surface area contributed by atoms with Crippen molar-refractivity contribution in [3.05, 3.63) is 46.3 Å². The van der Waals surface area contributed by atoms with E-state index in [1.165, 1.54) is 16.0 Å². The van der Waals surface area contributed by atoms with Crippen molar-refractivity contribution in [2.45, 2.75) is 64.2 Å². The van der Waals surface area contributed by atoms with Crippen molar-refractivity contribution in [1.82, 2.24) is 5.27 Å². The minimum absolute atomic E-state index is 0.156. The van der Waals surface area contributed by atoms with Crippen molar-refractivity contribution >= 4 is 40.0 Å². The summed E-state index contributed by atoms with van der Waals surface area (Å²) in [5, 5.41) is 19.2. The number of nitrogens with one attached hydrogen (secondary N) is 1. The highest BCUT2D eigenvalue weighted by Gasteiger charge is 2.35. The maximum absolute atomic E-state index is 13.2. The molecule has 0 bridgehead atoms. The highest BCUT2D eigenvalue weighted by atomic mass is 32.2. The molecule has 0 saturated carbocycles. The molecule has 0 spiro atoms. The van der Waals surface area contributed by atoms with Gasteiger partial charge in [0.25, 0.3) is 5.03 Å². The van der Waals surface area contributed by atoms with Crippen molar-refractivity contribution in [3.63, 3.8) is 0 Å². The molecule has 2 aromatic heterocycles. The van der Waals surface area contributed by atoms with Gasteiger partial charge >= 0.3 is 5.97 Å². The number of hydrogen-bond donors (Lipinski definition) is 1. The number of aromatic nitrogens is 2. The molecule has 10 heteroatoms. The first-order valence-corrected chi connectivity index (χ1v) is 13.7. The maximum atomic E-state index is 13.2. The number of nitrogens with zero attached hydrogens (tertiary/aromatic N) is 2. The summed E-state index contributed by atoms with van der Waals surface area (Å²) in [7, 11) is 0. The summed E-state index contributed by atoms with van der Waals surface area (Å²) in [4.78, 5) is 27.2. The number of amides is 1. The van der Waals surface area contributed by atoms with E-state index in [0.717, 1.165) is 41.5 Å². The molecule has 2 unspecified atom stereocenters. The molecule has 2 atom stereocenters. The Morgan fingerprint density at radius 1 is 1.33 bits per heavy atom. The molecule has 1 aliphatic rings. The van der Waals surface area contributed by atoms with Crippen LogP contribution >= 0.6 is 23.1 Å². The van der Waals surface area contributed by atoms with E-state index in [9.17, 15) is 14.7 Å². The molecule has 0 fully saturated rings. The molecule has 2 heterocycles. The lowest BCUT2D eigenvalue weighted by atomic mass is 9.72. The van der Waals surface area contributed by atoms with Gasteiger partial charge in [-0.05, 0) is 66.4 Å². The molecule has 1 N–H and O–H groups in total. The molecule has 8 nitrogen and oxygen atoms in total. The second-order valence-corrected chi connectivity index (χ2v) is 12.3. The number of thiophene rings is 1. The molecule has 192 valence electrons. The number of para-hydroxylation sites is 1. The molecule has 36 heavy (non-hydrogen) atoms. The lowest BCUT2D eigenvalue weighted by Gasteiger charge is -2.33. The summed E-state index contributed by atoms with van der Waals surface area (Å²) < 4.78 is 11.6. The Morgan fingerprint density at radius 3 is 2.72 bits per heavy atom. The topological polar surface area (TPSA) is 108 Å². The summed E-state index contributed by atoms with van der Waals surface area (Å²) in [6, 6.07) is 9.10. The second-order valence-electron chi connectivity index (χ2n) is 9.90. The predicted molar refractivity (Wildman–Crippen MR) is 137 cm³/mol. The van der Waals surface area contributed by atoms with Gasteiger partial charge in [-0.15, -0.1) is 11.3 Å². The van der Waals surface area contributed by atoms with E-state index in [1.807, 2.05) is 18.2 Å². The van der Waals surface area contributed by atoms with E-state index in [-0.39, 0.29) is 23.0 Å². The van der Waals surface area contributed by atoms with E-state index < -0.39 is 17.2 Å². The molecular formula is C26H31N3O5S2. The average Bonchev–Trinajstić information content (AvgIpc) is 3.38. The van der Waals surface area contributed by atoms with Gasteiger partial charge in [0.05, 0.1) is 22.7 Å². The highest BCUT2D eigenvalue weighted by Crippen LogP contribution is 2.44. The summed E-state index contributed by atoms with van der Waals surface area (Å²) >= 11 is 2.51. The van der Waals surface area contributed by atoms with E-state index in [2.05, 4.69) is 31.4 Å². The number of fused-ring (bicyclic) bond motifs is 1. The Hall–Kier alpha value is -2.85. The van der Waals surface area contributed by atoms with E-state index in [0.29, 0.717) is 22.2 Å². The Kier molecular flexibility index (Phi) is 7.75. The van der Waals surface area contributed by atoms with Crippen LogP contribution in [0.1, 0.15) is 61.8 Å². The van der Waals surface area contributed by atoms with Gasteiger partial charge in [0, 0.05) is 17.0 Å². The number of carbonyl (C=O) groups excluding carboxylic acids is 2. The zero-order chi connectivity index (χ0) is 26.0. The summed E-state index contributed by atoms with van der Waals surface area (Å²) in [6.45, 7) is 10.4. The first kappa shape index (κ1) is 26.2. The zero-order valence-electron chi connectivity index (χ0n) is 21.1. The minimum Gasteiger partial charge on any atom is -0.538 e. The fraction of sp³-hybridized carbons (Fsp3) is 0.462. The summed E-state index contributed by atoms with van der Waals surface area (Å²) in [5.74, 6) is -0.857. The standard InChI is InChI=1S/C26H31N3O5S2/c1-6-33-24(31)20-18-13-12-16(26(3,4)5)14-19(18)36-22(20)27-21(30)15(2)35-23-25(32)34-28-29(23)17-10-8-7-9-11-17/h7-11,15-16H,6,12-14H2,1-5H3,(H-,27,28,30,31,32). The van der Waals surface area contributed by atoms with Crippen LogP contribution in [0.4, 0.5) is 5.00 Å². The first-order chi connectivity index (χ1) is 17.1. The van der Waals surface area contributed by atoms with Gasteiger partial charge in [-0.1, -0.05) is 39.0 Å². The third-order valence-corrected chi connectivity index (χ3v) is 8.74. The SMILES string of the molecule is CCOC(=O)c1c(NC(=O)C(C)Sc2c([O-])on[n+]2-c2ccccc2)sc2c1CCC(C(C)(C)C)C2. The number of benzene rings is 1. The molecule has 3 aromatic rings. The Labute approximate surface area is 219 Å². The van der Waals surface area contributed by atoms with Gasteiger partial charge in [-0.2, -0.15) is 0 Å². The van der Waals surface area contributed by atoms with Crippen LogP contribution in [0.15, 0.2) is 39.9 Å². The quantitative estimate of drug-likeness (QED) is 0.272. The molecule has 0 saturated heterocycles. The fourth-order valence-electron chi connectivity index (χ4n) is 4.34. The van der Waals surface area contributed by atoms with E-state index >= 15 is 0 Å². The van der Waals surface area contributed by atoms with Gasteiger partial charge in [-0.25, -0.2) is 4.79 Å². The minimum atomic E-state index is -0.649. The molecule has 1 aromatic carbocycles. The van der Waals surface area contributed by atoms with Crippen LogP contribution < -0.4 is 15.1 Å². The largest absolute Gasteiger partial charge is 0.538 e. The number of rotatable bonds is 7. The van der Waals surface area contributed by atoms with Gasteiger partial charge in [0.2, 0.25) is 11.6 Å². The second kappa shape index (κ2) is 10.6. The van der Waals surface area contributed by atoms with Crippen LogP contribution in [0.3, 0.4) is 0 Å². The van der Waals surface area contributed by atoms with Gasteiger partial charge in [0.1, 0.15) is 5.00 Å². The number of anilines is 1. The monoisotopic (exact) mass is 529 g/mol. The van der Waals surface area contributed by atoms with Crippen LogP contribution in [0.25, 0.3) is 5.69 Å². The summed E-state index contributed by atoms with van der Waals surface area (Å²) in [5.41, 5.74) is 2.26. The van der Waals surface area contributed by atoms with Crippen molar-refractivity contribution in [2.24, 2.45) is 11.3 Å². The van der Waals surface area contributed by atoms with Crippen molar-refractivity contribution in [1.29, 1.82) is 0 Å².